The van der Waals surface area contributed by atoms with Crippen LogP contribution in [0.25, 0.3) is 10.9 Å². The maximum Gasteiger partial charge on any atom is 0.260 e. The summed E-state index contributed by atoms with van der Waals surface area (Å²) in [6.45, 7) is 1.91. The minimum atomic E-state index is -0.191. The lowest BCUT2D eigenvalue weighted by Crippen LogP contribution is -2.13. The van der Waals surface area contributed by atoms with Crippen molar-refractivity contribution < 1.29 is 9.47 Å². The molecular weight excluding hydrogens is 306 g/mol. The molecule has 0 spiro atoms. The third kappa shape index (κ3) is 2.61. The van der Waals surface area contributed by atoms with Gasteiger partial charge in [0, 0.05) is 6.54 Å². The summed E-state index contributed by atoms with van der Waals surface area (Å²) in [7, 11) is 1.57. The van der Waals surface area contributed by atoms with Crippen molar-refractivity contribution in [1.82, 2.24) is 9.97 Å². The molecule has 0 fully saturated rings. The number of H-pyrrole nitrogens is 1. The van der Waals surface area contributed by atoms with Crippen LogP contribution in [0.4, 0.5) is 5.95 Å². The van der Waals surface area contributed by atoms with Crippen LogP contribution in [0.2, 0.25) is 0 Å². The van der Waals surface area contributed by atoms with Gasteiger partial charge in [-0.15, -0.1) is 0 Å². The Bertz CT molecular complexity index is 965. The number of para-hydroxylation sites is 1. The van der Waals surface area contributed by atoms with Crippen LogP contribution in [0.1, 0.15) is 16.7 Å². The zero-order valence-corrected chi connectivity index (χ0v) is 13.3. The van der Waals surface area contributed by atoms with E-state index in [0.29, 0.717) is 42.4 Å². The lowest BCUT2D eigenvalue weighted by Gasteiger charge is -2.09. The number of anilines is 1. The fourth-order valence-corrected chi connectivity index (χ4v) is 2.91. The SMILES string of the molecule is COc1cccc2c(=O)[nH]c(NCc3ccc4c(c3)COC4)nc12. The second kappa shape index (κ2) is 5.98. The molecule has 24 heavy (non-hydrogen) atoms. The topological polar surface area (TPSA) is 76.2 Å². The van der Waals surface area contributed by atoms with Gasteiger partial charge in [-0.25, -0.2) is 4.98 Å². The molecule has 1 aromatic heterocycles. The highest BCUT2D eigenvalue weighted by molar-refractivity contribution is 5.84. The Balaban J connectivity index is 1.62. The average Bonchev–Trinajstić information content (AvgIpc) is 3.07. The standard InChI is InChI=1S/C18H17N3O3/c1-23-15-4-2-3-14-16(15)20-18(21-17(14)22)19-8-11-5-6-12-9-24-10-13(12)7-11/h2-7H,8-10H2,1H3,(H2,19,20,21,22). The van der Waals surface area contributed by atoms with Gasteiger partial charge < -0.3 is 14.8 Å². The number of methoxy groups -OCH3 is 1. The van der Waals surface area contributed by atoms with E-state index in [1.165, 1.54) is 11.1 Å². The Morgan fingerprint density at radius 3 is 3.00 bits per heavy atom. The van der Waals surface area contributed by atoms with Crippen LogP contribution in [0.15, 0.2) is 41.2 Å². The van der Waals surface area contributed by atoms with Crippen LogP contribution in [0, 0.1) is 0 Å². The van der Waals surface area contributed by atoms with Crippen molar-refractivity contribution in [1.29, 1.82) is 0 Å². The molecule has 0 radical (unpaired) electrons. The summed E-state index contributed by atoms with van der Waals surface area (Å²) < 4.78 is 10.7. The number of hydrogen-bond donors (Lipinski definition) is 2. The van der Waals surface area contributed by atoms with Crippen LogP contribution in [0.5, 0.6) is 5.75 Å². The summed E-state index contributed by atoms with van der Waals surface area (Å²) in [6, 6.07) is 11.6. The molecule has 1 aliphatic heterocycles. The predicted octanol–water partition coefficient (Wildman–Crippen LogP) is 2.57. The largest absolute Gasteiger partial charge is 0.494 e. The molecule has 2 aromatic carbocycles. The first-order valence-electron chi connectivity index (χ1n) is 7.74. The van der Waals surface area contributed by atoms with Crippen LogP contribution in [0.3, 0.4) is 0 Å². The molecule has 2 heterocycles. The smallest absolute Gasteiger partial charge is 0.260 e. The van der Waals surface area contributed by atoms with Gasteiger partial charge in [0.2, 0.25) is 5.95 Å². The highest BCUT2D eigenvalue weighted by atomic mass is 16.5. The van der Waals surface area contributed by atoms with Gasteiger partial charge in [0.1, 0.15) is 11.3 Å². The minimum absolute atomic E-state index is 0.191. The molecule has 6 nitrogen and oxygen atoms in total. The molecule has 0 aliphatic carbocycles. The second-order valence-corrected chi connectivity index (χ2v) is 5.72. The first-order valence-corrected chi connectivity index (χ1v) is 7.74. The highest BCUT2D eigenvalue weighted by Gasteiger charge is 2.12. The van der Waals surface area contributed by atoms with Gasteiger partial charge in [-0.05, 0) is 28.8 Å². The van der Waals surface area contributed by atoms with E-state index in [-0.39, 0.29) is 5.56 Å². The lowest BCUT2D eigenvalue weighted by atomic mass is 10.1. The van der Waals surface area contributed by atoms with Gasteiger partial charge >= 0.3 is 0 Å². The van der Waals surface area contributed by atoms with Gasteiger partial charge in [-0.1, -0.05) is 24.3 Å². The first kappa shape index (κ1) is 14.7. The van der Waals surface area contributed by atoms with Gasteiger partial charge in [-0.2, -0.15) is 0 Å². The molecule has 0 bridgehead atoms. The number of ether oxygens (including phenoxy) is 2. The first-order chi connectivity index (χ1) is 11.7. The number of nitrogens with zero attached hydrogens (tertiary/aromatic N) is 1. The van der Waals surface area contributed by atoms with Crippen LogP contribution in [-0.4, -0.2) is 17.1 Å². The maximum atomic E-state index is 12.2. The van der Waals surface area contributed by atoms with Crippen molar-refractivity contribution in [3.8, 4) is 5.75 Å². The number of rotatable bonds is 4. The Kier molecular flexibility index (Phi) is 3.66. The number of hydrogen-bond acceptors (Lipinski definition) is 5. The van der Waals surface area contributed by atoms with E-state index in [9.17, 15) is 4.79 Å². The lowest BCUT2D eigenvalue weighted by molar-refractivity contribution is 0.134. The minimum Gasteiger partial charge on any atom is -0.494 e. The normalized spacial score (nSPS) is 13.0. The zero-order valence-electron chi connectivity index (χ0n) is 13.3. The summed E-state index contributed by atoms with van der Waals surface area (Å²) in [5.74, 6) is 1.00. The summed E-state index contributed by atoms with van der Waals surface area (Å²) in [5, 5.41) is 3.68. The van der Waals surface area contributed by atoms with E-state index in [2.05, 4.69) is 33.5 Å². The number of fused-ring (bicyclic) bond motifs is 2. The van der Waals surface area contributed by atoms with Crippen molar-refractivity contribution in [3.05, 3.63) is 63.4 Å². The molecule has 2 N–H and O–H groups in total. The quantitative estimate of drug-likeness (QED) is 0.772. The van der Waals surface area contributed by atoms with Crippen LogP contribution >= 0.6 is 0 Å². The van der Waals surface area contributed by atoms with Crippen molar-refractivity contribution in [2.45, 2.75) is 19.8 Å². The molecule has 0 amide bonds. The third-order valence-electron chi connectivity index (χ3n) is 4.16. The maximum absolute atomic E-state index is 12.2. The Hall–Kier alpha value is -2.86. The molecule has 122 valence electrons. The Morgan fingerprint density at radius 1 is 1.25 bits per heavy atom. The van der Waals surface area contributed by atoms with E-state index in [1.54, 1.807) is 25.3 Å². The Labute approximate surface area is 138 Å². The summed E-state index contributed by atoms with van der Waals surface area (Å²) in [5.41, 5.74) is 3.93. The molecule has 0 atom stereocenters. The van der Waals surface area contributed by atoms with Crippen molar-refractivity contribution >= 4 is 16.9 Å². The molecule has 1 aliphatic rings. The monoisotopic (exact) mass is 323 g/mol. The summed E-state index contributed by atoms with van der Waals surface area (Å²) >= 11 is 0. The van der Waals surface area contributed by atoms with E-state index in [4.69, 9.17) is 9.47 Å². The molecule has 0 unspecified atom stereocenters. The van der Waals surface area contributed by atoms with Gasteiger partial charge in [0.25, 0.3) is 5.56 Å². The number of benzene rings is 2. The fourth-order valence-electron chi connectivity index (χ4n) is 2.91. The number of nitrogens with one attached hydrogen (secondary N) is 2. The fraction of sp³-hybridized carbons (Fsp3) is 0.222. The van der Waals surface area contributed by atoms with E-state index >= 15 is 0 Å². The van der Waals surface area contributed by atoms with Crippen molar-refractivity contribution in [3.63, 3.8) is 0 Å². The van der Waals surface area contributed by atoms with Gasteiger partial charge in [0.05, 0.1) is 25.7 Å². The van der Waals surface area contributed by atoms with E-state index < -0.39 is 0 Å². The van der Waals surface area contributed by atoms with E-state index in [1.807, 2.05) is 0 Å². The number of aromatic amines is 1. The zero-order chi connectivity index (χ0) is 16.5. The molecule has 4 rings (SSSR count). The summed E-state index contributed by atoms with van der Waals surface area (Å²) in [6.07, 6.45) is 0. The summed E-state index contributed by atoms with van der Waals surface area (Å²) in [4.78, 5) is 19.5. The van der Waals surface area contributed by atoms with Crippen molar-refractivity contribution in [2.75, 3.05) is 12.4 Å². The highest BCUT2D eigenvalue weighted by Crippen LogP contribution is 2.23. The molecule has 6 heteroatoms. The number of aromatic nitrogens is 2. The van der Waals surface area contributed by atoms with Crippen LogP contribution < -0.4 is 15.6 Å². The predicted molar refractivity (Wildman–Crippen MR) is 91.2 cm³/mol. The third-order valence-corrected chi connectivity index (χ3v) is 4.16. The average molecular weight is 323 g/mol. The Morgan fingerprint density at radius 2 is 2.12 bits per heavy atom. The molecule has 3 aromatic rings. The van der Waals surface area contributed by atoms with E-state index in [0.717, 1.165) is 5.56 Å². The van der Waals surface area contributed by atoms with Gasteiger partial charge in [-0.3, -0.25) is 9.78 Å². The molecule has 0 saturated carbocycles. The van der Waals surface area contributed by atoms with Crippen LogP contribution in [-0.2, 0) is 24.5 Å². The molecule has 0 saturated heterocycles. The van der Waals surface area contributed by atoms with Crippen molar-refractivity contribution in [2.24, 2.45) is 0 Å². The molecular formula is C18H17N3O3. The van der Waals surface area contributed by atoms with Gasteiger partial charge in [0.15, 0.2) is 0 Å². The second-order valence-electron chi connectivity index (χ2n) is 5.72.